The van der Waals surface area contributed by atoms with E-state index < -0.39 is 4.92 Å². The Balaban J connectivity index is 2.64. The predicted molar refractivity (Wildman–Crippen MR) is 72.9 cm³/mol. The molecule has 1 aromatic heterocycles. The number of benzene rings is 1. The van der Waals surface area contributed by atoms with Gasteiger partial charge in [0.2, 0.25) is 0 Å². The molecule has 2 rings (SSSR count). The van der Waals surface area contributed by atoms with E-state index >= 15 is 0 Å². The summed E-state index contributed by atoms with van der Waals surface area (Å²) < 4.78 is 1.90. The molecule has 2 aromatic rings. The zero-order valence-electron chi connectivity index (χ0n) is 11.0. The molecule has 0 spiro atoms. The van der Waals surface area contributed by atoms with E-state index in [4.69, 9.17) is 0 Å². The van der Waals surface area contributed by atoms with Gasteiger partial charge in [-0.3, -0.25) is 14.9 Å². The molecule has 0 fully saturated rings. The summed E-state index contributed by atoms with van der Waals surface area (Å²) in [5.41, 5.74) is 3.08. The van der Waals surface area contributed by atoms with E-state index in [9.17, 15) is 14.9 Å². The molecule has 1 aromatic carbocycles. The van der Waals surface area contributed by atoms with Gasteiger partial charge in [-0.2, -0.15) is 0 Å². The van der Waals surface area contributed by atoms with Gasteiger partial charge in [-0.15, -0.1) is 0 Å². The highest BCUT2D eigenvalue weighted by Crippen LogP contribution is 2.22. The van der Waals surface area contributed by atoms with E-state index in [1.54, 1.807) is 31.2 Å². The van der Waals surface area contributed by atoms with Gasteiger partial charge in [0.05, 0.1) is 4.92 Å². The second kappa shape index (κ2) is 4.68. The molecule has 0 bridgehead atoms. The highest BCUT2D eigenvalue weighted by Gasteiger charge is 2.12. The Labute approximate surface area is 110 Å². The number of pyridine rings is 1. The van der Waals surface area contributed by atoms with Crippen LogP contribution in [0.3, 0.4) is 0 Å². The van der Waals surface area contributed by atoms with Crippen molar-refractivity contribution in [1.29, 1.82) is 0 Å². The first-order chi connectivity index (χ1) is 8.90. The molecule has 98 valence electrons. The van der Waals surface area contributed by atoms with Crippen molar-refractivity contribution in [3.63, 3.8) is 0 Å². The van der Waals surface area contributed by atoms with Gasteiger partial charge < -0.3 is 4.57 Å². The lowest BCUT2D eigenvalue weighted by molar-refractivity contribution is -0.385. The monoisotopic (exact) mass is 258 g/mol. The molecule has 0 aliphatic rings. The van der Waals surface area contributed by atoms with Gasteiger partial charge in [-0.1, -0.05) is 0 Å². The highest BCUT2D eigenvalue weighted by molar-refractivity contribution is 5.49. The lowest BCUT2D eigenvalue weighted by atomic mass is 10.1. The topological polar surface area (TPSA) is 65.1 Å². The first-order valence-electron chi connectivity index (χ1n) is 5.86. The summed E-state index contributed by atoms with van der Waals surface area (Å²) in [5.74, 6) is 0. The van der Waals surface area contributed by atoms with Crippen molar-refractivity contribution in [3.8, 4) is 5.69 Å². The normalized spacial score (nSPS) is 10.5. The van der Waals surface area contributed by atoms with Crippen molar-refractivity contribution in [2.75, 3.05) is 0 Å². The lowest BCUT2D eigenvalue weighted by Gasteiger charge is -2.14. The van der Waals surface area contributed by atoms with Gasteiger partial charge >= 0.3 is 0 Å². The second-order valence-electron chi connectivity index (χ2n) is 4.54. The minimum atomic E-state index is -0.399. The van der Waals surface area contributed by atoms with Crippen LogP contribution in [0.5, 0.6) is 0 Å². The number of nitrogens with zero attached hydrogens (tertiary/aromatic N) is 2. The number of hydrogen-bond acceptors (Lipinski definition) is 3. The Morgan fingerprint density at radius 3 is 2.11 bits per heavy atom. The fourth-order valence-corrected chi connectivity index (χ4v) is 2.25. The van der Waals surface area contributed by atoms with Crippen LogP contribution < -0.4 is 5.43 Å². The minimum Gasteiger partial charge on any atom is -0.318 e. The van der Waals surface area contributed by atoms with Gasteiger partial charge in [-0.25, -0.2) is 0 Å². The average Bonchev–Trinajstić information content (AvgIpc) is 2.26. The van der Waals surface area contributed by atoms with E-state index in [0.29, 0.717) is 5.56 Å². The van der Waals surface area contributed by atoms with E-state index in [1.165, 1.54) is 6.07 Å². The molecular formula is C14H14N2O3. The maximum atomic E-state index is 11.4. The first-order valence-corrected chi connectivity index (χ1v) is 5.86. The fraction of sp³-hybridized carbons (Fsp3) is 0.214. The zero-order valence-corrected chi connectivity index (χ0v) is 11.0. The summed E-state index contributed by atoms with van der Waals surface area (Å²) in [7, 11) is 0. The van der Waals surface area contributed by atoms with Crippen molar-refractivity contribution >= 4 is 5.69 Å². The van der Waals surface area contributed by atoms with Gasteiger partial charge in [-0.05, 0) is 32.9 Å². The first kappa shape index (κ1) is 13.0. The maximum absolute atomic E-state index is 11.4. The van der Waals surface area contributed by atoms with Crippen molar-refractivity contribution in [2.45, 2.75) is 20.8 Å². The number of aromatic nitrogens is 1. The molecule has 0 saturated carbocycles. The highest BCUT2D eigenvalue weighted by atomic mass is 16.6. The number of aryl methyl sites for hydroxylation is 3. The Kier molecular flexibility index (Phi) is 3.21. The van der Waals surface area contributed by atoms with Gasteiger partial charge in [0, 0.05) is 40.8 Å². The van der Waals surface area contributed by atoms with Gasteiger partial charge in [0.15, 0.2) is 5.43 Å². The fourth-order valence-electron chi connectivity index (χ4n) is 2.25. The summed E-state index contributed by atoms with van der Waals surface area (Å²) >= 11 is 0. The zero-order chi connectivity index (χ0) is 14.2. The largest absolute Gasteiger partial charge is 0.318 e. The van der Waals surface area contributed by atoms with Crippen LogP contribution in [0.1, 0.15) is 17.0 Å². The number of nitro groups is 1. The van der Waals surface area contributed by atoms with E-state index in [0.717, 1.165) is 17.1 Å². The molecule has 0 aliphatic carbocycles. The third-order valence-electron chi connectivity index (χ3n) is 3.04. The smallest absolute Gasteiger partial charge is 0.272 e. The Bertz CT molecular complexity index is 691. The molecular weight excluding hydrogens is 244 g/mol. The summed E-state index contributed by atoms with van der Waals surface area (Å²) in [4.78, 5) is 21.8. The van der Waals surface area contributed by atoms with Crippen LogP contribution in [0.2, 0.25) is 0 Å². The Morgan fingerprint density at radius 2 is 1.63 bits per heavy atom. The Morgan fingerprint density at radius 1 is 1.05 bits per heavy atom. The van der Waals surface area contributed by atoms with Crippen molar-refractivity contribution in [2.24, 2.45) is 0 Å². The summed E-state index contributed by atoms with van der Waals surface area (Å²) in [5, 5.41) is 10.8. The van der Waals surface area contributed by atoms with E-state index in [-0.39, 0.29) is 11.1 Å². The van der Waals surface area contributed by atoms with Crippen LogP contribution in [-0.2, 0) is 0 Å². The number of rotatable bonds is 2. The van der Waals surface area contributed by atoms with Crippen LogP contribution in [0.25, 0.3) is 5.69 Å². The molecule has 0 radical (unpaired) electrons. The van der Waals surface area contributed by atoms with Crippen LogP contribution in [0.15, 0.2) is 35.1 Å². The third kappa shape index (κ3) is 2.40. The molecule has 0 saturated heterocycles. The number of nitro benzene ring substituents is 1. The standard InChI is InChI=1S/C14H14N2O3/c1-9-6-12(4-5-14(9)16(18)19)15-10(2)7-13(17)8-11(15)3/h4-8H,1-3H3. The van der Waals surface area contributed by atoms with Crippen LogP contribution >= 0.6 is 0 Å². The minimum absolute atomic E-state index is 0.0371. The predicted octanol–water partition coefficient (Wildman–Crippen LogP) is 2.67. The molecule has 19 heavy (non-hydrogen) atoms. The van der Waals surface area contributed by atoms with Crippen LogP contribution in [-0.4, -0.2) is 9.49 Å². The summed E-state index contributed by atoms with van der Waals surface area (Å²) in [6.07, 6.45) is 0. The van der Waals surface area contributed by atoms with Crippen molar-refractivity contribution in [1.82, 2.24) is 4.57 Å². The molecule has 0 amide bonds. The van der Waals surface area contributed by atoms with Gasteiger partial charge in [0.1, 0.15) is 0 Å². The molecule has 0 N–H and O–H groups in total. The molecule has 0 aliphatic heterocycles. The molecule has 0 atom stereocenters. The lowest BCUT2D eigenvalue weighted by Crippen LogP contribution is -2.11. The SMILES string of the molecule is Cc1cc(-n2c(C)cc(=O)cc2C)ccc1[N+](=O)[O-]. The molecule has 1 heterocycles. The summed E-state index contributed by atoms with van der Waals surface area (Å²) in [6, 6.07) is 8.02. The second-order valence-corrected chi connectivity index (χ2v) is 4.54. The molecule has 5 nitrogen and oxygen atoms in total. The summed E-state index contributed by atoms with van der Waals surface area (Å²) in [6.45, 7) is 5.38. The van der Waals surface area contributed by atoms with E-state index in [1.807, 2.05) is 18.4 Å². The van der Waals surface area contributed by atoms with E-state index in [2.05, 4.69) is 0 Å². The molecule has 0 unspecified atom stereocenters. The van der Waals surface area contributed by atoms with Crippen LogP contribution in [0, 0.1) is 30.9 Å². The molecule has 5 heteroatoms. The average molecular weight is 258 g/mol. The van der Waals surface area contributed by atoms with Gasteiger partial charge in [0.25, 0.3) is 5.69 Å². The van der Waals surface area contributed by atoms with Crippen molar-refractivity contribution in [3.05, 3.63) is 67.6 Å². The number of hydrogen-bond donors (Lipinski definition) is 0. The van der Waals surface area contributed by atoms with Crippen LogP contribution in [0.4, 0.5) is 5.69 Å². The Hall–Kier alpha value is -2.43. The maximum Gasteiger partial charge on any atom is 0.272 e. The third-order valence-corrected chi connectivity index (χ3v) is 3.04. The van der Waals surface area contributed by atoms with Crippen molar-refractivity contribution < 1.29 is 4.92 Å². The quantitative estimate of drug-likeness (QED) is 0.614.